The average Bonchev–Trinajstić information content (AvgIpc) is 2.37. The zero-order valence-electron chi connectivity index (χ0n) is 13.4. The third-order valence-corrected chi connectivity index (χ3v) is 3.25. The zero-order valence-corrected chi connectivity index (χ0v) is 13.4. The quantitative estimate of drug-likeness (QED) is 0.809. The molecule has 4 nitrogen and oxygen atoms in total. The second kappa shape index (κ2) is 8.15. The molecule has 0 heterocycles. The molecule has 118 valence electrons. The number of hydrogen-bond donors (Lipinski definition) is 2. The molecule has 1 unspecified atom stereocenters. The van der Waals surface area contributed by atoms with Gasteiger partial charge in [-0.15, -0.1) is 0 Å². The van der Waals surface area contributed by atoms with Crippen LogP contribution < -0.4 is 5.73 Å². The lowest BCUT2D eigenvalue weighted by Crippen LogP contribution is -2.38. The van der Waals surface area contributed by atoms with Gasteiger partial charge in [-0.2, -0.15) is 0 Å². The summed E-state index contributed by atoms with van der Waals surface area (Å²) in [6.45, 7) is 7.18. The van der Waals surface area contributed by atoms with E-state index in [-0.39, 0.29) is 24.0 Å². The van der Waals surface area contributed by atoms with Crippen molar-refractivity contribution in [3.63, 3.8) is 0 Å². The van der Waals surface area contributed by atoms with Crippen LogP contribution in [0.3, 0.4) is 0 Å². The number of nitrogens with two attached hydrogens (primary N) is 1. The van der Waals surface area contributed by atoms with E-state index in [0.29, 0.717) is 19.5 Å². The van der Waals surface area contributed by atoms with Gasteiger partial charge in [-0.3, -0.25) is 4.79 Å². The fraction of sp³-hybridized carbons (Fsp3) is 0.588. The highest BCUT2D eigenvalue weighted by Gasteiger charge is 2.21. The van der Waals surface area contributed by atoms with Gasteiger partial charge in [0.15, 0.2) is 0 Å². The Balaban J connectivity index is 2.61. The number of aliphatic hydroxyl groups is 1. The molecule has 3 N–H and O–H groups in total. The maximum Gasteiger partial charge on any atom is 0.224 e. The molecular weight excluding hydrogens is 264 g/mol. The fourth-order valence-electron chi connectivity index (χ4n) is 2.43. The van der Waals surface area contributed by atoms with Gasteiger partial charge in [-0.1, -0.05) is 51.1 Å². The summed E-state index contributed by atoms with van der Waals surface area (Å²) in [5.74, 6) is 0.00431. The SMILES string of the molecule is CC(C)(C)CC(N)CC(=O)N(CCO)Cc1ccccc1. The fourth-order valence-corrected chi connectivity index (χ4v) is 2.43. The third kappa shape index (κ3) is 7.25. The summed E-state index contributed by atoms with van der Waals surface area (Å²) >= 11 is 0. The van der Waals surface area contributed by atoms with Gasteiger partial charge >= 0.3 is 0 Å². The Hall–Kier alpha value is -1.39. The Morgan fingerprint density at radius 3 is 2.43 bits per heavy atom. The number of benzene rings is 1. The first-order valence-corrected chi connectivity index (χ1v) is 7.50. The molecule has 0 aliphatic heterocycles. The van der Waals surface area contributed by atoms with Crippen LogP contribution in [0.25, 0.3) is 0 Å². The monoisotopic (exact) mass is 292 g/mol. The third-order valence-electron chi connectivity index (χ3n) is 3.25. The topological polar surface area (TPSA) is 66.6 Å². The predicted octanol–water partition coefficient (Wildman–Crippen LogP) is 2.16. The lowest BCUT2D eigenvalue weighted by atomic mass is 9.87. The van der Waals surface area contributed by atoms with Crippen LogP contribution >= 0.6 is 0 Å². The van der Waals surface area contributed by atoms with Crippen molar-refractivity contribution in [3.8, 4) is 0 Å². The van der Waals surface area contributed by atoms with E-state index in [4.69, 9.17) is 10.8 Å². The van der Waals surface area contributed by atoms with E-state index >= 15 is 0 Å². The first kappa shape index (κ1) is 17.7. The van der Waals surface area contributed by atoms with E-state index in [2.05, 4.69) is 20.8 Å². The molecule has 1 amide bonds. The van der Waals surface area contributed by atoms with E-state index in [1.54, 1.807) is 4.90 Å². The first-order chi connectivity index (χ1) is 9.81. The molecule has 1 rings (SSSR count). The summed E-state index contributed by atoms with van der Waals surface area (Å²) in [4.78, 5) is 14.0. The summed E-state index contributed by atoms with van der Waals surface area (Å²) in [6, 6.07) is 9.65. The molecule has 0 saturated carbocycles. The molecule has 4 heteroatoms. The van der Waals surface area contributed by atoms with Gasteiger partial charge in [-0.25, -0.2) is 0 Å². The molecule has 0 spiro atoms. The normalized spacial score (nSPS) is 13.0. The molecule has 0 bridgehead atoms. The first-order valence-electron chi connectivity index (χ1n) is 7.50. The van der Waals surface area contributed by atoms with Crippen LogP contribution in [-0.2, 0) is 11.3 Å². The van der Waals surface area contributed by atoms with Gasteiger partial charge in [0.2, 0.25) is 5.91 Å². The molecule has 0 aliphatic carbocycles. The lowest BCUT2D eigenvalue weighted by molar-refractivity contribution is -0.132. The van der Waals surface area contributed by atoms with E-state index in [1.807, 2.05) is 30.3 Å². The highest BCUT2D eigenvalue weighted by molar-refractivity contribution is 5.76. The summed E-state index contributed by atoms with van der Waals surface area (Å²) in [6.07, 6.45) is 1.13. The molecule has 0 fully saturated rings. The standard InChI is InChI=1S/C17H28N2O2/c1-17(2,3)12-15(18)11-16(21)19(9-10-20)13-14-7-5-4-6-8-14/h4-8,15,20H,9-13,18H2,1-3H3. The zero-order chi connectivity index (χ0) is 15.9. The van der Waals surface area contributed by atoms with E-state index < -0.39 is 0 Å². The molecule has 1 atom stereocenters. The molecule has 0 radical (unpaired) electrons. The number of hydrogen-bond acceptors (Lipinski definition) is 3. The van der Waals surface area contributed by atoms with Crippen molar-refractivity contribution < 1.29 is 9.90 Å². The Kier molecular flexibility index (Phi) is 6.85. The minimum atomic E-state index is -0.144. The van der Waals surface area contributed by atoms with Crippen molar-refractivity contribution in [2.75, 3.05) is 13.2 Å². The maximum absolute atomic E-state index is 12.4. The van der Waals surface area contributed by atoms with Crippen LogP contribution in [0.15, 0.2) is 30.3 Å². The van der Waals surface area contributed by atoms with Gasteiger partial charge in [0, 0.05) is 25.6 Å². The highest BCUT2D eigenvalue weighted by atomic mass is 16.3. The number of carbonyl (C=O) groups is 1. The summed E-state index contributed by atoms with van der Waals surface area (Å²) in [7, 11) is 0. The van der Waals surface area contributed by atoms with Crippen LogP contribution in [0.1, 0.15) is 39.2 Å². The van der Waals surface area contributed by atoms with Crippen LogP contribution in [-0.4, -0.2) is 35.1 Å². The molecule has 0 aromatic heterocycles. The van der Waals surface area contributed by atoms with Crippen molar-refractivity contribution in [1.29, 1.82) is 0 Å². The second-order valence-corrected chi connectivity index (χ2v) is 6.75. The second-order valence-electron chi connectivity index (χ2n) is 6.75. The predicted molar refractivity (Wildman–Crippen MR) is 85.6 cm³/mol. The van der Waals surface area contributed by atoms with Crippen molar-refractivity contribution in [1.82, 2.24) is 4.90 Å². The largest absolute Gasteiger partial charge is 0.395 e. The summed E-state index contributed by atoms with van der Waals surface area (Å²) in [5.41, 5.74) is 7.25. The molecule has 0 saturated heterocycles. The van der Waals surface area contributed by atoms with Crippen molar-refractivity contribution >= 4 is 5.91 Å². The lowest BCUT2D eigenvalue weighted by Gasteiger charge is -2.26. The Morgan fingerprint density at radius 1 is 1.29 bits per heavy atom. The van der Waals surface area contributed by atoms with Crippen LogP contribution in [0.2, 0.25) is 0 Å². The summed E-state index contributed by atoms with van der Waals surface area (Å²) < 4.78 is 0. The van der Waals surface area contributed by atoms with Gasteiger partial charge < -0.3 is 15.7 Å². The number of amides is 1. The van der Waals surface area contributed by atoms with Gasteiger partial charge in [0.05, 0.1) is 6.61 Å². The van der Waals surface area contributed by atoms with Gasteiger partial charge in [-0.05, 0) is 17.4 Å². The van der Waals surface area contributed by atoms with Crippen molar-refractivity contribution in [2.45, 2.75) is 46.2 Å². The Bertz CT molecular complexity index is 426. The number of carbonyl (C=O) groups excluding carboxylic acids is 1. The molecule has 0 aliphatic rings. The molecular formula is C17H28N2O2. The van der Waals surface area contributed by atoms with Crippen molar-refractivity contribution in [3.05, 3.63) is 35.9 Å². The average molecular weight is 292 g/mol. The van der Waals surface area contributed by atoms with Crippen LogP contribution in [0.4, 0.5) is 0 Å². The number of rotatable bonds is 7. The maximum atomic E-state index is 12.4. The summed E-state index contributed by atoms with van der Waals surface area (Å²) in [5, 5.41) is 9.16. The smallest absolute Gasteiger partial charge is 0.224 e. The van der Waals surface area contributed by atoms with E-state index in [1.165, 1.54) is 0 Å². The van der Waals surface area contributed by atoms with E-state index in [9.17, 15) is 4.79 Å². The van der Waals surface area contributed by atoms with Gasteiger partial charge in [0.25, 0.3) is 0 Å². The number of aliphatic hydroxyl groups excluding tert-OH is 1. The number of nitrogens with zero attached hydrogens (tertiary/aromatic N) is 1. The van der Waals surface area contributed by atoms with Crippen LogP contribution in [0, 0.1) is 5.41 Å². The minimum absolute atomic E-state index is 0.00431. The van der Waals surface area contributed by atoms with Crippen LogP contribution in [0.5, 0.6) is 0 Å². The molecule has 21 heavy (non-hydrogen) atoms. The van der Waals surface area contributed by atoms with Gasteiger partial charge in [0.1, 0.15) is 0 Å². The Labute approximate surface area is 128 Å². The van der Waals surface area contributed by atoms with Crippen molar-refractivity contribution in [2.24, 2.45) is 11.1 Å². The molecule has 1 aromatic carbocycles. The minimum Gasteiger partial charge on any atom is -0.395 e. The highest BCUT2D eigenvalue weighted by Crippen LogP contribution is 2.21. The Morgan fingerprint density at radius 2 is 1.90 bits per heavy atom. The van der Waals surface area contributed by atoms with E-state index in [0.717, 1.165) is 12.0 Å². The molecule has 1 aromatic rings.